The molecule has 0 aliphatic carbocycles. The lowest BCUT2D eigenvalue weighted by molar-refractivity contribution is -0.114. The van der Waals surface area contributed by atoms with Crippen molar-refractivity contribution in [3.63, 3.8) is 0 Å². The number of carbonyl (C=O) groups is 1. The fraction of sp³-hybridized carbons (Fsp3) is 0.0513. The van der Waals surface area contributed by atoms with Gasteiger partial charge in [0.15, 0.2) is 0 Å². The Hall–Kier alpha value is -3.19. The first-order valence-corrected chi connectivity index (χ1v) is 18.3. The molecular weight excluding hydrogens is 706 g/mol. The first-order chi connectivity index (χ1) is 20.7. The third kappa shape index (κ3) is 6.73. The van der Waals surface area contributed by atoms with Gasteiger partial charge in [-0.1, -0.05) is 109 Å². The second-order valence-corrected chi connectivity index (χ2v) is 17.5. The number of hydrogen-bond donors (Lipinski definition) is 0. The maximum Gasteiger partial charge on any atom is 0.209 e. The van der Waals surface area contributed by atoms with Gasteiger partial charge in [0, 0.05) is 0 Å². The number of rotatable bonds is 10. The predicted molar refractivity (Wildman–Crippen MR) is 185 cm³/mol. The van der Waals surface area contributed by atoms with Crippen LogP contribution in [0.3, 0.4) is 0 Å². The summed E-state index contributed by atoms with van der Waals surface area (Å²) in [6.07, 6.45) is 0.943. The minimum atomic E-state index is -2.30. The maximum atomic E-state index is 15.0. The second-order valence-electron chi connectivity index (χ2n) is 10.5. The Balaban J connectivity index is 0.00000221. The van der Waals surface area contributed by atoms with Crippen molar-refractivity contribution in [1.82, 2.24) is 0 Å². The third-order valence-electron chi connectivity index (χ3n) is 8.01. The van der Waals surface area contributed by atoms with E-state index in [1.165, 1.54) is 31.8 Å². The summed E-state index contributed by atoms with van der Waals surface area (Å²) in [4.78, 5) is 15.0. The standard InChI is InChI=1S/C39H34OP2.2BrH/c40-33(31-41(34-19-7-1-8-20-34,35-21-9-2-10-22-35)36-23-11-3-12-24-36)32-42(37-25-13-4-14-26-37,38-27-15-5-16-28-38)39-29-17-6-18-30-39;;/h1-30H,31-32H2;2*1H/q+2;;/p-2. The average Bonchev–Trinajstić information content (AvgIpc) is 3.08. The van der Waals surface area contributed by atoms with Crippen molar-refractivity contribution < 1.29 is 38.8 Å². The van der Waals surface area contributed by atoms with Crippen LogP contribution in [0.5, 0.6) is 0 Å². The van der Waals surface area contributed by atoms with E-state index in [-0.39, 0.29) is 34.0 Å². The van der Waals surface area contributed by atoms with Crippen molar-refractivity contribution in [2.75, 3.05) is 12.3 Å². The quantitative estimate of drug-likeness (QED) is 0.188. The van der Waals surface area contributed by atoms with E-state index in [0.29, 0.717) is 18.1 Å². The summed E-state index contributed by atoms with van der Waals surface area (Å²) in [5, 5.41) is 7.41. The summed E-state index contributed by atoms with van der Waals surface area (Å²) in [5.41, 5.74) is 0. The molecule has 0 amide bonds. The van der Waals surface area contributed by atoms with E-state index < -0.39 is 14.5 Å². The number of hydrogen-bond acceptors (Lipinski definition) is 1. The summed E-state index contributed by atoms with van der Waals surface area (Å²) < 4.78 is 0. The molecule has 1 nitrogen and oxygen atoms in total. The molecule has 0 fully saturated rings. The van der Waals surface area contributed by atoms with Gasteiger partial charge < -0.3 is 34.0 Å². The van der Waals surface area contributed by atoms with E-state index in [2.05, 4.69) is 182 Å². The zero-order chi connectivity index (χ0) is 28.7. The van der Waals surface area contributed by atoms with Gasteiger partial charge in [-0.3, -0.25) is 4.79 Å². The van der Waals surface area contributed by atoms with Crippen LogP contribution in [0.2, 0.25) is 0 Å². The third-order valence-corrected chi connectivity index (χ3v) is 16.7. The SMILES string of the molecule is O=C(C[P+](c1ccccc1)(c1ccccc1)c1ccccc1)C[P+](c1ccccc1)(c1ccccc1)c1ccccc1.[Br-].[Br-]. The van der Waals surface area contributed by atoms with Gasteiger partial charge in [-0.2, -0.15) is 0 Å². The van der Waals surface area contributed by atoms with Crippen molar-refractivity contribution >= 4 is 52.1 Å². The van der Waals surface area contributed by atoms with Crippen LogP contribution in [0, 0.1) is 0 Å². The Kier molecular flexibility index (Phi) is 12.0. The molecule has 0 aliphatic heterocycles. The van der Waals surface area contributed by atoms with Gasteiger partial charge in [0.2, 0.25) is 5.78 Å². The van der Waals surface area contributed by atoms with Crippen molar-refractivity contribution in [1.29, 1.82) is 0 Å². The van der Waals surface area contributed by atoms with Crippen LogP contribution in [-0.2, 0) is 4.79 Å². The summed E-state index contributed by atoms with van der Waals surface area (Å²) in [5.74, 6) is 0.296. The number of carbonyl (C=O) groups excluding carboxylic acids is 1. The Morgan fingerprint density at radius 2 is 0.477 bits per heavy atom. The van der Waals surface area contributed by atoms with Crippen LogP contribution in [0.1, 0.15) is 0 Å². The normalized spacial score (nSPS) is 11.1. The molecule has 0 aromatic heterocycles. The predicted octanol–water partition coefficient (Wildman–Crippen LogP) is 0.552. The van der Waals surface area contributed by atoms with Crippen molar-refractivity contribution in [3.05, 3.63) is 182 Å². The van der Waals surface area contributed by atoms with Crippen LogP contribution in [0.25, 0.3) is 0 Å². The van der Waals surface area contributed by atoms with Crippen LogP contribution in [-0.4, -0.2) is 18.1 Å². The summed E-state index contributed by atoms with van der Waals surface area (Å²) in [7, 11) is -4.60. The van der Waals surface area contributed by atoms with Crippen LogP contribution < -0.4 is 65.8 Å². The van der Waals surface area contributed by atoms with Gasteiger partial charge in [0.1, 0.15) is 58.7 Å². The Morgan fingerprint density at radius 3 is 0.636 bits per heavy atom. The second kappa shape index (κ2) is 15.7. The molecule has 0 saturated heterocycles. The van der Waals surface area contributed by atoms with Gasteiger partial charge in [0.05, 0.1) is 0 Å². The maximum absolute atomic E-state index is 15.0. The van der Waals surface area contributed by atoms with Gasteiger partial charge >= 0.3 is 0 Å². The van der Waals surface area contributed by atoms with Gasteiger partial charge in [-0.05, 0) is 72.8 Å². The summed E-state index contributed by atoms with van der Waals surface area (Å²) in [6, 6.07) is 64.3. The van der Waals surface area contributed by atoms with Crippen LogP contribution in [0.15, 0.2) is 182 Å². The molecule has 6 aromatic rings. The number of halogens is 2. The number of benzene rings is 6. The van der Waals surface area contributed by atoms with Gasteiger partial charge in [-0.25, -0.2) is 0 Å². The Bertz CT molecular complexity index is 1390. The minimum Gasteiger partial charge on any atom is -1.00 e. The highest BCUT2D eigenvalue weighted by atomic mass is 79.9. The number of Topliss-reactive ketones (excluding diaryl/α,β-unsaturated/α-hetero) is 1. The summed E-state index contributed by atoms with van der Waals surface area (Å²) in [6.45, 7) is 0. The van der Waals surface area contributed by atoms with E-state index in [4.69, 9.17) is 0 Å². The molecule has 0 aliphatic rings. The largest absolute Gasteiger partial charge is 1.00 e. The van der Waals surface area contributed by atoms with Crippen LogP contribution >= 0.6 is 14.5 Å². The van der Waals surface area contributed by atoms with Crippen LogP contribution in [0.4, 0.5) is 0 Å². The highest BCUT2D eigenvalue weighted by Crippen LogP contribution is 2.59. The van der Waals surface area contributed by atoms with E-state index in [0.717, 1.165) is 0 Å². The van der Waals surface area contributed by atoms with E-state index in [1.54, 1.807) is 0 Å². The molecule has 5 heteroatoms. The fourth-order valence-corrected chi connectivity index (χ4v) is 14.5. The molecule has 0 bridgehead atoms. The highest BCUT2D eigenvalue weighted by Gasteiger charge is 2.52. The molecule has 0 radical (unpaired) electrons. The molecule has 0 N–H and O–H groups in total. The lowest BCUT2D eigenvalue weighted by Gasteiger charge is -2.30. The zero-order valence-electron chi connectivity index (χ0n) is 24.3. The van der Waals surface area contributed by atoms with Crippen molar-refractivity contribution in [3.8, 4) is 0 Å². The highest BCUT2D eigenvalue weighted by molar-refractivity contribution is 7.97. The van der Waals surface area contributed by atoms with Gasteiger partial charge in [-0.15, -0.1) is 0 Å². The monoisotopic (exact) mass is 738 g/mol. The molecular formula is C39H34Br2OP2. The van der Waals surface area contributed by atoms with E-state index in [1.807, 2.05) is 0 Å². The molecule has 0 unspecified atom stereocenters. The molecule has 6 aromatic carbocycles. The Labute approximate surface area is 283 Å². The fourth-order valence-electron chi connectivity index (χ4n) is 6.12. The van der Waals surface area contributed by atoms with Crippen molar-refractivity contribution in [2.24, 2.45) is 0 Å². The molecule has 44 heavy (non-hydrogen) atoms. The summed E-state index contributed by atoms with van der Waals surface area (Å²) >= 11 is 0. The minimum absolute atomic E-state index is 0. The number of ketones is 1. The lowest BCUT2D eigenvalue weighted by atomic mass is 10.3. The van der Waals surface area contributed by atoms with Gasteiger partial charge in [0.25, 0.3) is 0 Å². The first kappa shape index (κ1) is 33.7. The van der Waals surface area contributed by atoms with Crippen molar-refractivity contribution in [2.45, 2.75) is 0 Å². The molecule has 0 heterocycles. The molecule has 0 atom stereocenters. The van der Waals surface area contributed by atoms with E-state index >= 15 is 0 Å². The molecule has 0 saturated carbocycles. The Morgan fingerprint density at radius 1 is 0.318 bits per heavy atom. The average molecular weight is 740 g/mol. The lowest BCUT2D eigenvalue weighted by Crippen LogP contribution is -3.00. The topological polar surface area (TPSA) is 17.1 Å². The smallest absolute Gasteiger partial charge is 0.209 e. The molecule has 220 valence electrons. The zero-order valence-corrected chi connectivity index (χ0v) is 29.3. The molecule has 6 rings (SSSR count). The first-order valence-electron chi connectivity index (χ1n) is 14.3. The van der Waals surface area contributed by atoms with E-state index in [9.17, 15) is 4.79 Å². The molecule has 0 spiro atoms.